The van der Waals surface area contributed by atoms with Gasteiger partial charge in [-0.05, 0) is 13.0 Å². The number of esters is 1. The number of rotatable bonds is 3. The second-order valence-electron chi connectivity index (χ2n) is 3.13. The monoisotopic (exact) mass is 215 g/mol. The van der Waals surface area contributed by atoms with Crippen LogP contribution in [0.3, 0.4) is 0 Å². The predicted molar refractivity (Wildman–Crippen MR) is 49.8 cm³/mol. The summed E-state index contributed by atoms with van der Waals surface area (Å²) in [5, 5.41) is 12.2. The number of carbonyl (C=O) groups is 2. The van der Waals surface area contributed by atoms with Crippen LogP contribution in [0, 0.1) is 0 Å². The molecule has 6 heteroatoms. The van der Waals surface area contributed by atoms with Crippen molar-refractivity contribution in [3.63, 3.8) is 0 Å². The van der Waals surface area contributed by atoms with Crippen LogP contribution in [-0.2, 0) is 14.3 Å². The maximum absolute atomic E-state index is 11.3. The Morgan fingerprint density at radius 1 is 1.60 bits per heavy atom. The third-order valence-electron chi connectivity index (χ3n) is 1.97. The van der Waals surface area contributed by atoms with Crippen molar-refractivity contribution < 1.29 is 24.2 Å². The van der Waals surface area contributed by atoms with Crippen LogP contribution in [0.1, 0.15) is 12.8 Å². The largest absolute Gasteiger partial charge is 0.516 e. The van der Waals surface area contributed by atoms with Crippen molar-refractivity contribution in [3.8, 4) is 0 Å². The normalized spacial score (nSPS) is 24.6. The van der Waals surface area contributed by atoms with Crippen molar-refractivity contribution in [1.82, 2.24) is 5.32 Å². The smallest absolute Gasteiger partial charge is 0.430 e. The van der Waals surface area contributed by atoms with Crippen LogP contribution in [0.2, 0.25) is 0 Å². The molecule has 84 valence electrons. The zero-order chi connectivity index (χ0) is 11.3. The van der Waals surface area contributed by atoms with Gasteiger partial charge in [-0.1, -0.05) is 12.7 Å². The van der Waals surface area contributed by atoms with Crippen LogP contribution in [0.5, 0.6) is 0 Å². The van der Waals surface area contributed by atoms with E-state index in [9.17, 15) is 14.7 Å². The Kier molecular flexibility index (Phi) is 3.81. The SMILES string of the molecule is C=CCOC(=O)OC(=O)[C@]1(O)CCCN1. The van der Waals surface area contributed by atoms with E-state index < -0.39 is 17.8 Å². The molecule has 15 heavy (non-hydrogen) atoms. The minimum absolute atomic E-state index is 0.0437. The molecule has 0 spiro atoms. The second-order valence-corrected chi connectivity index (χ2v) is 3.13. The lowest BCUT2D eigenvalue weighted by atomic mass is 10.2. The summed E-state index contributed by atoms with van der Waals surface area (Å²) >= 11 is 0. The van der Waals surface area contributed by atoms with Crippen molar-refractivity contribution in [3.05, 3.63) is 12.7 Å². The Hall–Kier alpha value is -1.40. The minimum Gasteiger partial charge on any atom is -0.430 e. The van der Waals surface area contributed by atoms with E-state index in [0.717, 1.165) is 0 Å². The lowest BCUT2D eigenvalue weighted by Crippen LogP contribution is -2.49. The standard InChI is InChI=1S/C9H13NO5/c1-2-6-14-8(12)15-7(11)9(13)4-3-5-10-9/h2,10,13H,1,3-6H2/t9-/m1/s1. The number of hydrogen-bond donors (Lipinski definition) is 2. The van der Waals surface area contributed by atoms with Gasteiger partial charge in [0.05, 0.1) is 0 Å². The lowest BCUT2D eigenvalue weighted by molar-refractivity contribution is -0.162. The predicted octanol–water partition coefficient (Wildman–Crippen LogP) is -0.0758. The summed E-state index contributed by atoms with van der Waals surface area (Å²) in [6, 6.07) is 0. The Morgan fingerprint density at radius 3 is 2.87 bits per heavy atom. The van der Waals surface area contributed by atoms with Gasteiger partial charge < -0.3 is 14.6 Å². The Balaban J connectivity index is 2.40. The van der Waals surface area contributed by atoms with Gasteiger partial charge in [0, 0.05) is 6.42 Å². The van der Waals surface area contributed by atoms with E-state index in [0.29, 0.717) is 13.0 Å². The molecule has 0 aromatic heterocycles. The Bertz CT molecular complexity index is 270. The first-order valence-corrected chi connectivity index (χ1v) is 4.56. The number of carbonyl (C=O) groups excluding carboxylic acids is 2. The molecule has 2 N–H and O–H groups in total. The maximum Gasteiger partial charge on any atom is 0.516 e. The van der Waals surface area contributed by atoms with Gasteiger partial charge >= 0.3 is 12.1 Å². The highest BCUT2D eigenvalue weighted by Gasteiger charge is 2.41. The van der Waals surface area contributed by atoms with Gasteiger partial charge in [-0.2, -0.15) is 0 Å². The van der Waals surface area contributed by atoms with Crippen molar-refractivity contribution >= 4 is 12.1 Å². The molecule has 0 saturated carbocycles. The van der Waals surface area contributed by atoms with E-state index in [-0.39, 0.29) is 13.0 Å². The quantitative estimate of drug-likeness (QED) is 0.389. The molecule has 0 amide bonds. The minimum atomic E-state index is -1.76. The van der Waals surface area contributed by atoms with Gasteiger partial charge in [0.2, 0.25) is 5.72 Å². The Morgan fingerprint density at radius 2 is 2.33 bits per heavy atom. The molecule has 0 bridgehead atoms. The summed E-state index contributed by atoms with van der Waals surface area (Å²) in [6.07, 6.45) is 1.07. The number of ether oxygens (including phenoxy) is 2. The molecule has 1 aliphatic rings. The van der Waals surface area contributed by atoms with Crippen molar-refractivity contribution in [2.45, 2.75) is 18.6 Å². The number of nitrogens with one attached hydrogen (secondary N) is 1. The van der Waals surface area contributed by atoms with Crippen LogP contribution in [0.15, 0.2) is 12.7 Å². The van der Waals surface area contributed by atoms with E-state index in [2.05, 4.69) is 21.4 Å². The average Bonchev–Trinajstić information content (AvgIpc) is 2.63. The highest BCUT2D eigenvalue weighted by molar-refractivity contribution is 5.87. The fourth-order valence-corrected chi connectivity index (χ4v) is 1.22. The molecule has 6 nitrogen and oxygen atoms in total. The maximum atomic E-state index is 11.3. The van der Waals surface area contributed by atoms with E-state index in [1.165, 1.54) is 6.08 Å². The lowest BCUT2D eigenvalue weighted by Gasteiger charge is -2.18. The topological polar surface area (TPSA) is 84.9 Å². The molecule has 1 atom stereocenters. The van der Waals surface area contributed by atoms with Gasteiger partial charge in [-0.15, -0.1) is 0 Å². The van der Waals surface area contributed by atoms with Crippen molar-refractivity contribution in [1.29, 1.82) is 0 Å². The molecular formula is C9H13NO5. The number of hydrogen-bond acceptors (Lipinski definition) is 6. The molecule has 0 aliphatic carbocycles. The Labute approximate surface area is 86.9 Å². The van der Waals surface area contributed by atoms with E-state index in [4.69, 9.17) is 0 Å². The van der Waals surface area contributed by atoms with E-state index in [1.54, 1.807) is 0 Å². The number of aliphatic hydroxyl groups is 1. The van der Waals surface area contributed by atoms with Crippen LogP contribution in [-0.4, -0.2) is 36.1 Å². The summed E-state index contributed by atoms with van der Waals surface area (Å²) in [5.74, 6) is -1.03. The molecule has 0 aromatic rings. The van der Waals surface area contributed by atoms with E-state index >= 15 is 0 Å². The highest BCUT2D eigenvalue weighted by Crippen LogP contribution is 2.17. The highest BCUT2D eigenvalue weighted by atomic mass is 16.7. The third kappa shape index (κ3) is 3.03. The first-order chi connectivity index (χ1) is 7.08. The summed E-state index contributed by atoms with van der Waals surface area (Å²) in [6.45, 7) is 3.79. The summed E-state index contributed by atoms with van der Waals surface area (Å²) < 4.78 is 8.71. The molecule has 0 radical (unpaired) electrons. The molecule has 1 fully saturated rings. The van der Waals surface area contributed by atoms with Gasteiger partial charge in [0.25, 0.3) is 0 Å². The molecule has 1 heterocycles. The van der Waals surface area contributed by atoms with E-state index in [1.807, 2.05) is 0 Å². The summed E-state index contributed by atoms with van der Waals surface area (Å²) in [5.41, 5.74) is -1.76. The van der Waals surface area contributed by atoms with Gasteiger partial charge in [0.15, 0.2) is 0 Å². The summed E-state index contributed by atoms with van der Waals surface area (Å²) in [4.78, 5) is 22.1. The van der Waals surface area contributed by atoms with Crippen molar-refractivity contribution in [2.24, 2.45) is 0 Å². The molecule has 0 aromatic carbocycles. The molecule has 1 aliphatic heterocycles. The molecule has 1 saturated heterocycles. The van der Waals surface area contributed by atoms with Gasteiger partial charge in [0.1, 0.15) is 6.61 Å². The zero-order valence-corrected chi connectivity index (χ0v) is 8.19. The van der Waals surface area contributed by atoms with Gasteiger partial charge in [-0.25, -0.2) is 9.59 Å². The summed E-state index contributed by atoms with van der Waals surface area (Å²) in [7, 11) is 0. The van der Waals surface area contributed by atoms with Crippen LogP contribution < -0.4 is 5.32 Å². The van der Waals surface area contributed by atoms with Crippen LogP contribution in [0.4, 0.5) is 4.79 Å². The van der Waals surface area contributed by atoms with Crippen LogP contribution in [0.25, 0.3) is 0 Å². The fourth-order valence-electron chi connectivity index (χ4n) is 1.22. The third-order valence-corrected chi connectivity index (χ3v) is 1.97. The average molecular weight is 215 g/mol. The molecule has 1 rings (SSSR count). The molecular weight excluding hydrogens is 202 g/mol. The fraction of sp³-hybridized carbons (Fsp3) is 0.556. The zero-order valence-electron chi connectivity index (χ0n) is 8.19. The molecule has 0 unspecified atom stereocenters. The van der Waals surface area contributed by atoms with Crippen LogP contribution >= 0.6 is 0 Å². The van der Waals surface area contributed by atoms with Crippen molar-refractivity contribution in [2.75, 3.05) is 13.2 Å². The van der Waals surface area contributed by atoms with Gasteiger partial charge in [-0.3, -0.25) is 5.32 Å². The second kappa shape index (κ2) is 4.90. The first-order valence-electron chi connectivity index (χ1n) is 4.56. The first kappa shape index (κ1) is 11.7.